The number of nitrogens with zero attached hydrogens (tertiary/aromatic N) is 3. The number of aromatic nitrogens is 3. The summed E-state index contributed by atoms with van der Waals surface area (Å²) in [5.41, 5.74) is 0.930. The van der Waals surface area contributed by atoms with E-state index in [9.17, 15) is 0 Å². The summed E-state index contributed by atoms with van der Waals surface area (Å²) in [7, 11) is 0. The van der Waals surface area contributed by atoms with Crippen LogP contribution in [0.3, 0.4) is 0 Å². The van der Waals surface area contributed by atoms with E-state index in [4.69, 9.17) is 16.3 Å². The van der Waals surface area contributed by atoms with Gasteiger partial charge in [-0.15, -0.1) is 5.10 Å². The molecule has 0 aliphatic heterocycles. The van der Waals surface area contributed by atoms with Crippen molar-refractivity contribution in [2.24, 2.45) is 0 Å². The lowest BCUT2D eigenvalue weighted by Crippen LogP contribution is -2.12. The Balaban J connectivity index is 1.82. The van der Waals surface area contributed by atoms with Crippen molar-refractivity contribution in [1.29, 1.82) is 0 Å². The number of ether oxygens (including phenoxy) is 1. The van der Waals surface area contributed by atoms with E-state index in [1.54, 1.807) is 16.8 Å². The minimum absolute atomic E-state index is 0.518. The minimum atomic E-state index is 0.518. The lowest BCUT2D eigenvalue weighted by atomic mass is 10.3. The van der Waals surface area contributed by atoms with Crippen LogP contribution in [0.2, 0.25) is 5.02 Å². The van der Waals surface area contributed by atoms with Gasteiger partial charge in [0.1, 0.15) is 12.4 Å². The van der Waals surface area contributed by atoms with E-state index in [2.05, 4.69) is 38.5 Å². The van der Waals surface area contributed by atoms with Gasteiger partial charge in [-0.1, -0.05) is 23.7 Å². The zero-order chi connectivity index (χ0) is 14.4. The minimum Gasteiger partial charge on any atom is -0.490 e. The molecule has 2 aromatic rings. The Morgan fingerprint density at radius 3 is 3.05 bits per heavy atom. The molecule has 0 radical (unpaired) electrons. The monoisotopic (exact) mass is 358 g/mol. The summed E-state index contributed by atoms with van der Waals surface area (Å²) in [4.78, 5) is 0. The van der Waals surface area contributed by atoms with E-state index in [0.29, 0.717) is 18.2 Å². The molecule has 108 valence electrons. The molecule has 7 heteroatoms. The SMILES string of the molecule is CCNCc1cn(CCOc2ccc(Cl)cc2Br)nn1. The highest BCUT2D eigenvalue weighted by atomic mass is 79.9. The van der Waals surface area contributed by atoms with E-state index in [1.807, 2.05) is 12.3 Å². The van der Waals surface area contributed by atoms with Gasteiger partial charge >= 0.3 is 0 Å². The van der Waals surface area contributed by atoms with Gasteiger partial charge < -0.3 is 10.1 Å². The zero-order valence-electron chi connectivity index (χ0n) is 11.1. The summed E-state index contributed by atoms with van der Waals surface area (Å²) in [6, 6.07) is 5.44. The van der Waals surface area contributed by atoms with Crippen LogP contribution < -0.4 is 10.1 Å². The van der Waals surface area contributed by atoms with Crippen LogP contribution >= 0.6 is 27.5 Å². The fourth-order valence-corrected chi connectivity index (χ4v) is 2.42. The lowest BCUT2D eigenvalue weighted by molar-refractivity contribution is 0.288. The van der Waals surface area contributed by atoms with Crippen LogP contribution in [0.1, 0.15) is 12.6 Å². The van der Waals surface area contributed by atoms with Gasteiger partial charge in [0.15, 0.2) is 0 Å². The molecule has 0 aliphatic rings. The Labute approximate surface area is 131 Å². The van der Waals surface area contributed by atoms with Crippen molar-refractivity contribution in [2.45, 2.75) is 20.0 Å². The molecule has 1 heterocycles. The second-order valence-corrected chi connectivity index (χ2v) is 5.47. The highest BCUT2D eigenvalue weighted by Gasteiger charge is 2.03. The molecule has 1 aromatic carbocycles. The summed E-state index contributed by atoms with van der Waals surface area (Å²) >= 11 is 9.29. The molecule has 0 spiro atoms. The lowest BCUT2D eigenvalue weighted by Gasteiger charge is -2.08. The van der Waals surface area contributed by atoms with Crippen molar-refractivity contribution < 1.29 is 4.74 Å². The molecule has 5 nitrogen and oxygen atoms in total. The summed E-state index contributed by atoms with van der Waals surface area (Å²) in [5.74, 6) is 0.766. The molecule has 0 aliphatic carbocycles. The van der Waals surface area contributed by atoms with E-state index in [-0.39, 0.29) is 0 Å². The van der Waals surface area contributed by atoms with Crippen LogP contribution in [0, 0.1) is 0 Å². The molecule has 0 amide bonds. The molecule has 0 atom stereocenters. The Bertz CT molecular complexity index is 561. The van der Waals surface area contributed by atoms with Crippen molar-refractivity contribution in [2.75, 3.05) is 13.2 Å². The van der Waals surface area contributed by atoms with Gasteiger partial charge in [-0.05, 0) is 40.7 Å². The standard InChI is InChI=1S/C13H16BrClN4O/c1-2-16-8-11-9-19(18-17-11)5-6-20-13-4-3-10(15)7-12(13)14/h3-4,7,9,16H,2,5-6,8H2,1H3. The van der Waals surface area contributed by atoms with Gasteiger partial charge in [0.25, 0.3) is 0 Å². The van der Waals surface area contributed by atoms with Gasteiger partial charge in [0.2, 0.25) is 0 Å². The Morgan fingerprint density at radius 2 is 2.30 bits per heavy atom. The molecular formula is C13H16BrClN4O. The second kappa shape index (κ2) is 7.61. The van der Waals surface area contributed by atoms with Crippen molar-refractivity contribution >= 4 is 27.5 Å². The van der Waals surface area contributed by atoms with Crippen molar-refractivity contribution in [3.05, 3.63) is 39.6 Å². The molecule has 0 saturated heterocycles. The average molecular weight is 360 g/mol. The van der Waals surface area contributed by atoms with Crippen LogP contribution in [0.4, 0.5) is 0 Å². The molecule has 2 rings (SSSR count). The smallest absolute Gasteiger partial charge is 0.133 e. The fourth-order valence-electron chi connectivity index (χ4n) is 1.62. The van der Waals surface area contributed by atoms with E-state index >= 15 is 0 Å². The van der Waals surface area contributed by atoms with Crippen molar-refractivity contribution in [3.63, 3.8) is 0 Å². The first-order valence-electron chi connectivity index (χ1n) is 6.36. The van der Waals surface area contributed by atoms with Gasteiger partial charge in [0.05, 0.1) is 16.7 Å². The molecule has 20 heavy (non-hydrogen) atoms. The number of rotatable bonds is 7. The Kier molecular flexibility index (Phi) is 5.82. The van der Waals surface area contributed by atoms with Gasteiger partial charge in [-0.2, -0.15) is 0 Å². The van der Waals surface area contributed by atoms with Crippen molar-refractivity contribution in [1.82, 2.24) is 20.3 Å². The third kappa shape index (κ3) is 4.47. The second-order valence-electron chi connectivity index (χ2n) is 4.18. The van der Waals surface area contributed by atoms with Crippen molar-refractivity contribution in [3.8, 4) is 5.75 Å². The summed E-state index contributed by atoms with van der Waals surface area (Å²) in [6.07, 6.45) is 1.92. The summed E-state index contributed by atoms with van der Waals surface area (Å²) in [5, 5.41) is 12.0. The number of hydrogen-bond donors (Lipinski definition) is 1. The van der Waals surface area contributed by atoms with Gasteiger partial charge in [-0.3, -0.25) is 0 Å². The quantitative estimate of drug-likeness (QED) is 0.826. The number of hydrogen-bond acceptors (Lipinski definition) is 4. The third-order valence-electron chi connectivity index (χ3n) is 2.61. The van der Waals surface area contributed by atoms with Gasteiger partial charge in [0, 0.05) is 17.8 Å². The normalized spacial score (nSPS) is 10.8. The molecule has 0 fully saturated rings. The maximum Gasteiger partial charge on any atom is 0.133 e. The molecule has 0 bridgehead atoms. The van der Waals surface area contributed by atoms with Crippen LogP contribution in [0.25, 0.3) is 0 Å². The number of halogens is 2. The van der Waals surface area contributed by atoms with Crippen LogP contribution in [0.15, 0.2) is 28.9 Å². The highest BCUT2D eigenvalue weighted by Crippen LogP contribution is 2.27. The molecule has 0 saturated carbocycles. The average Bonchev–Trinajstić information content (AvgIpc) is 2.87. The van der Waals surface area contributed by atoms with E-state index in [0.717, 1.165) is 29.0 Å². The predicted octanol–water partition coefficient (Wildman–Crippen LogP) is 2.88. The van der Waals surface area contributed by atoms with Crippen LogP contribution in [-0.4, -0.2) is 28.1 Å². The largest absolute Gasteiger partial charge is 0.490 e. The molecule has 1 aromatic heterocycles. The molecular weight excluding hydrogens is 344 g/mol. The molecule has 0 unspecified atom stereocenters. The number of benzene rings is 1. The maximum atomic E-state index is 5.88. The van der Waals surface area contributed by atoms with E-state index in [1.165, 1.54) is 0 Å². The zero-order valence-corrected chi connectivity index (χ0v) is 13.5. The summed E-state index contributed by atoms with van der Waals surface area (Å²) in [6.45, 7) is 4.88. The van der Waals surface area contributed by atoms with Crippen LogP contribution in [-0.2, 0) is 13.1 Å². The summed E-state index contributed by atoms with van der Waals surface area (Å²) < 4.78 is 8.29. The highest BCUT2D eigenvalue weighted by molar-refractivity contribution is 9.10. The predicted molar refractivity (Wildman–Crippen MR) is 82.0 cm³/mol. The number of nitrogens with one attached hydrogen (secondary N) is 1. The molecule has 1 N–H and O–H groups in total. The first-order valence-corrected chi connectivity index (χ1v) is 7.53. The fraction of sp³-hybridized carbons (Fsp3) is 0.385. The third-order valence-corrected chi connectivity index (χ3v) is 3.47. The van der Waals surface area contributed by atoms with Crippen LogP contribution in [0.5, 0.6) is 5.75 Å². The first kappa shape index (κ1) is 15.3. The topological polar surface area (TPSA) is 52.0 Å². The first-order chi connectivity index (χ1) is 9.69. The maximum absolute atomic E-state index is 5.88. The van der Waals surface area contributed by atoms with Gasteiger partial charge in [-0.25, -0.2) is 4.68 Å². The van der Waals surface area contributed by atoms with E-state index < -0.39 is 0 Å². The Morgan fingerprint density at radius 1 is 1.45 bits per heavy atom. The Hall–Kier alpha value is -1.11.